The molecule has 1 aromatic rings. The van der Waals surface area contributed by atoms with Crippen molar-refractivity contribution in [2.75, 3.05) is 18.4 Å². The smallest absolute Gasteiger partial charge is 0.319 e. The predicted molar refractivity (Wildman–Crippen MR) is 98.4 cm³/mol. The number of hydrogen-bond acceptors (Lipinski definition) is 2. The molecule has 2 aliphatic rings. The molecule has 0 aromatic heterocycles. The molecule has 1 aromatic carbocycles. The molecule has 1 atom stereocenters. The number of nitrogens with one attached hydrogen (secondary N) is 3. The third-order valence-corrected chi connectivity index (χ3v) is 5.29. The molecule has 2 fully saturated rings. The SMILES string of the molecule is CC(NC(=O)Nc1ccccc1CN1CCNC1=O)C1CCCCC1. The Morgan fingerprint density at radius 1 is 1.28 bits per heavy atom. The lowest BCUT2D eigenvalue weighted by Crippen LogP contribution is -2.41. The molecule has 25 heavy (non-hydrogen) atoms. The number of urea groups is 2. The minimum atomic E-state index is -0.170. The van der Waals surface area contributed by atoms with Gasteiger partial charge in [-0.05, 0) is 37.3 Å². The molecule has 3 rings (SSSR count). The van der Waals surface area contributed by atoms with E-state index in [1.807, 2.05) is 24.3 Å². The van der Waals surface area contributed by atoms with Gasteiger partial charge in [-0.3, -0.25) is 0 Å². The Morgan fingerprint density at radius 2 is 2.04 bits per heavy atom. The van der Waals surface area contributed by atoms with E-state index in [1.165, 1.54) is 32.1 Å². The fourth-order valence-electron chi connectivity index (χ4n) is 3.76. The maximum absolute atomic E-state index is 12.4. The summed E-state index contributed by atoms with van der Waals surface area (Å²) in [6.07, 6.45) is 6.23. The van der Waals surface area contributed by atoms with Crippen LogP contribution in [0.2, 0.25) is 0 Å². The van der Waals surface area contributed by atoms with Gasteiger partial charge in [0, 0.05) is 31.4 Å². The predicted octanol–water partition coefficient (Wildman–Crippen LogP) is 3.30. The zero-order valence-electron chi connectivity index (χ0n) is 14.9. The standard InChI is InChI=1S/C19H28N4O2/c1-14(15-7-3-2-4-8-15)21-18(24)22-17-10-6-5-9-16(17)13-23-12-11-20-19(23)25/h5-6,9-10,14-15H,2-4,7-8,11-13H2,1H3,(H,20,25)(H2,21,22,24). The molecule has 1 saturated heterocycles. The van der Waals surface area contributed by atoms with Crippen molar-refractivity contribution in [3.05, 3.63) is 29.8 Å². The van der Waals surface area contributed by atoms with Gasteiger partial charge in [-0.25, -0.2) is 9.59 Å². The second-order valence-electron chi connectivity index (χ2n) is 7.10. The summed E-state index contributed by atoms with van der Waals surface area (Å²) in [6, 6.07) is 7.61. The van der Waals surface area contributed by atoms with Gasteiger partial charge in [-0.15, -0.1) is 0 Å². The van der Waals surface area contributed by atoms with Crippen molar-refractivity contribution in [1.82, 2.24) is 15.5 Å². The Bertz CT molecular complexity index is 613. The number of benzene rings is 1. The highest BCUT2D eigenvalue weighted by Gasteiger charge is 2.23. The fourth-order valence-corrected chi connectivity index (χ4v) is 3.76. The van der Waals surface area contributed by atoms with E-state index in [4.69, 9.17) is 0 Å². The summed E-state index contributed by atoms with van der Waals surface area (Å²) >= 11 is 0. The van der Waals surface area contributed by atoms with Gasteiger partial charge in [-0.2, -0.15) is 0 Å². The van der Waals surface area contributed by atoms with Crippen LogP contribution < -0.4 is 16.0 Å². The van der Waals surface area contributed by atoms with Crippen LogP contribution in [0.25, 0.3) is 0 Å². The average molecular weight is 344 g/mol. The number of nitrogens with zero attached hydrogens (tertiary/aromatic N) is 1. The maximum atomic E-state index is 12.4. The van der Waals surface area contributed by atoms with Crippen LogP contribution in [0.4, 0.5) is 15.3 Å². The van der Waals surface area contributed by atoms with Crippen LogP contribution in [-0.2, 0) is 6.54 Å². The van der Waals surface area contributed by atoms with E-state index in [0.29, 0.717) is 25.6 Å². The van der Waals surface area contributed by atoms with E-state index < -0.39 is 0 Å². The van der Waals surface area contributed by atoms with E-state index in [1.54, 1.807) is 4.90 Å². The lowest BCUT2D eigenvalue weighted by molar-refractivity contribution is 0.215. The van der Waals surface area contributed by atoms with Crippen LogP contribution in [0.15, 0.2) is 24.3 Å². The first-order valence-electron chi connectivity index (χ1n) is 9.31. The van der Waals surface area contributed by atoms with Gasteiger partial charge in [-0.1, -0.05) is 37.5 Å². The Labute approximate surface area is 149 Å². The number of hydrogen-bond donors (Lipinski definition) is 3. The molecule has 1 aliphatic carbocycles. The monoisotopic (exact) mass is 344 g/mol. The minimum Gasteiger partial charge on any atom is -0.336 e. The van der Waals surface area contributed by atoms with E-state index in [-0.39, 0.29) is 18.1 Å². The van der Waals surface area contributed by atoms with Crippen molar-refractivity contribution in [2.24, 2.45) is 5.92 Å². The Morgan fingerprint density at radius 3 is 2.76 bits per heavy atom. The number of para-hydroxylation sites is 1. The second-order valence-corrected chi connectivity index (χ2v) is 7.10. The summed E-state index contributed by atoms with van der Waals surface area (Å²) < 4.78 is 0. The largest absolute Gasteiger partial charge is 0.336 e. The molecule has 3 N–H and O–H groups in total. The first kappa shape index (κ1) is 17.6. The van der Waals surface area contributed by atoms with Gasteiger partial charge in [0.2, 0.25) is 0 Å². The van der Waals surface area contributed by atoms with Gasteiger partial charge >= 0.3 is 12.1 Å². The van der Waals surface area contributed by atoms with Crippen LogP contribution in [0.1, 0.15) is 44.6 Å². The molecule has 0 spiro atoms. The van der Waals surface area contributed by atoms with Crippen LogP contribution >= 0.6 is 0 Å². The Hall–Kier alpha value is -2.24. The highest BCUT2D eigenvalue weighted by molar-refractivity contribution is 5.90. The number of rotatable bonds is 5. The zero-order chi connectivity index (χ0) is 17.6. The molecule has 1 unspecified atom stereocenters. The van der Waals surface area contributed by atoms with Crippen LogP contribution in [0, 0.1) is 5.92 Å². The minimum absolute atomic E-state index is 0.0508. The molecular weight excluding hydrogens is 316 g/mol. The van der Waals surface area contributed by atoms with Crippen molar-refractivity contribution >= 4 is 17.7 Å². The molecule has 1 heterocycles. The van der Waals surface area contributed by atoms with Crippen molar-refractivity contribution in [1.29, 1.82) is 0 Å². The molecule has 1 aliphatic heterocycles. The summed E-state index contributed by atoms with van der Waals surface area (Å²) in [7, 11) is 0. The molecule has 6 heteroatoms. The lowest BCUT2D eigenvalue weighted by atomic mass is 9.85. The summed E-state index contributed by atoms with van der Waals surface area (Å²) in [4.78, 5) is 25.9. The third kappa shape index (κ3) is 4.65. The topological polar surface area (TPSA) is 73.5 Å². The summed E-state index contributed by atoms with van der Waals surface area (Å²) in [6.45, 7) is 3.96. The quantitative estimate of drug-likeness (QED) is 0.767. The molecule has 6 nitrogen and oxygen atoms in total. The number of carbonyl (C=O) groups excluding carboxylic acids is 2. The molecule has 0 bridgehead atoms. The number of amides is 4. The van der Waals surface area contributed by atoms with Gasteiger partial charge in [0.1, 0.15) is 0 Å². The van der Waals surface area contributed by atoms with Crippen molar-refractivity contribution in [2.45, 2.75) is 51.6 Å². The average Bonchev–Trinajstić information content (AvgIpc) is 3.02. The molecule has 136 valence electrons. The summed E-state index contributed by atoms with van der Waals surface area (Å²) in [5.74, 6) is 0.572. The first-order chi connectivity index (χ1) is 12.1. The molecule has 4 amide bonds. The summed E-state index contributed by atoms with van der Waals surface area (Å²) in [5.41, 5.74) is 1.70. The van der Waals surface area contributed by atoms with Gasteiger partial charge in [0.15, 0.2) is 0 Å². The number of anilines is 1. The zero-order valence-corrected chi connectivity index (χ0v) is 14.9. The van der Waals surface area contributed by atoms with Crippen molar-refractivity contribution < 1.29 is 9.59 Å². The van der Waals surface area contributed by atoms with Crippen LogP contribution in [-0.4, -0.2) is 36.1 Å². The number of carbonyl (C=O) groups is 2. The van der Waals surface area contributed by atoms with Crippen LogP contribution in [0.5, 0.6) is 0 Å². The van der Waals surface area contributed by atoms with Crippen molar-refractivity contribution in [3.63, 3.8) is 0 Å². The van der Waals surface area contributed by atoms with E-state index in [0.717, 1.165) is 11.3 Å². The van der Waals surface area contributed by atoms with Gasteiger partial charge < -0.3 is 20.9 Å². The Balaban J connectivity index is 1.58. The van der Waals surface area contributed by atoms with Crippen LogP contribution in [0.3, 0.4) is 0 Å². The lowest BCUT2D eigenvalue weighted by Gasteiger charge is -2.28. The Kier molecular flexibility index (Phi) is 5.79. The van der Waals surface area contributed by atoms with Gasteiger partial charge in [0.25, 0.3) is 0 Å². The second kappa shape index (κ2) is 8.23. The van der Waals surface area contributed by atoms with E-state index in [2.05, 4.69) is 22.9 Å². The van der Waals surface area contributed by atoms with E-state index in [9.17, 15) is 9.59 Å². The first-order valence-corrected chi connectivity index (χ1v) is 9.31. The van der Waals surface area contributed by atoms with Crippen molar-refractivity contribution in [3.8, 4) is 0 Å². The maximum Gasteiger partial charge on any atom is 0.319 e. The van der Waals surface area contributed by atoms with E-state index >= 15 is 0 Å². The highest BCUT2D eigenvalue weighted by Crippen LogP contribution is 2.26. The van der Waals surface area contributed by atoms with Gasteiger partial charge in [0.05, 0.1) is 0 Å². The highest BCUT2D eigenvalue weighted by atomic mass is 16.2. The fraction of sp³-hybridized carbons (Fsp3) is 0.579. The molecular formula is C19H28N4O2. The molecule has 0 radical (unpaired) electrons. The summed E-state index contributed by atoms with van der Waals surface area (Å²) in [5, 5.41) is 8.85. The normalized spacial score (nSPS) is 19.4. The third-order valence-electron chi connectivity index (χ3n) is 5.29. The molecule has 1 saturated carbocycles.